The van der Waals surface area contributed by atoms with Gasteiger partial charge in [0.05, 0.1) is 6.54 Å². The van der Waals surface area contributed by atoms with Gasteiger partial charge in [-0.05, 0) is 25.8 Å². The molecule has 102 valence electrons. The van der Waals surface area contributed by atoms with Crippen LogP contribution in [0.1, 0.15) is 19.3 Å². The third-order valence-electron chi connectivity index (χ3n) is 2.49. The van der Waals surface area contributed by atoms with Gasteiger partial charge >= 0.3 is 0 Å². The minimum absolute atomic E-state index is 0.318. The monoisotopic (exact) mass is 271 g/mol. The van der Waals surface area contributed by atoms with Crippen molar-refractivity contribution in [1.29, 1.82) is 0 Å². The van der Waals surface area contributed by atoms with Crippen LogP contribution in [0.4, 0.5) is 8.78 Å². The smallest absolute Gasteiger partial charge is 0.279 e. The van der Waals surface area contributed by atoms with E-state index < -0.39 is 23.2 Å². The number of alkyl halides is 2. The summed E-state index contributed by atoms with van der Waals surface area (Å²) in [5.41, 5.74) is 0. The van der Waals surface area contributed by atoms with Crippen LogP contribution in [0.3, 0.4) is 0 Å². The third kappa shape index (κ3) is 6.25. The van der Waals surface area contributed by atoms with Crippen molar-refractivity contribution in [2.24, 2.45) is 0 Å². The lowest BCUT2D eigenvalue weighted by Gasteiger charge is -2.17. The average molecular weight is 271 g/mol. The molecule has 0 aliphatic heterocycles. The van der Waals surface area contributed by atoms with E-state index in [-0.39, 0.29) is 0 Å². The number of nitrogens with one attached hydrogen (secondary N) is 2. The van der Waals surface area contributed by atoms with Crippen LogP contribution in [0.25, 0.3) is 0 Å². The molecule has 1 fully saturated rings. The molecule has 0 unspecified atom stereocenters. The Balaban J connectivity index is 2.16. The van der Waals surface area contributed by atoms with Gasteiger partial charge in [0.1, 0.15) is 0 Å². The Labute approximate surface area is 101 Å². The lowest BCUT2D eigenvalue weighted by atomic mass is 10.4. The number of halogens is 2. The van der Waals surface area contributed by atoms with E-state index in [2.05, 4.69) is 5.32 Å². The van der Waals surface area contributed by atoms with E-state index in [4.69, 9.17) is 0 Å². The van der Waals surface area contributed by atoms with Gasteiger partial charge in [-0.1, -0.05) is 0 Å². The van der Waals surface area contributed by atoms with Gasteiger partial charge in [-0.15, -0.1) is 0 Å². The molecule has 0 aromatic carbocycles. The lowest BCUT2D eigenvalue weighted by molar-refractivity contribution is 0.152. The van der Waals surface area contributed by atoms with Gasteiger partial charge < -0.3 is 5.32 Å². The Bertz CT molecular complexity index is 320. The van der Waals surface area contributed by atoms with E-state index in [1.54, 1.807) is 0 Å². The minimum atomic E-state index is -3.76. The molecule has 0 aromatic heterocycles. The van der Waals surface area contributed by atoms with Gasteiger partial charge in [0.15, 0.2) is 0 Å². The van der Waals surface area contributed by atoms with Crippen LogP contribution in [-0.4, -0.2) is 51.9 Å². The molecular weight excluding hydrogens is 252 g/mol. The fraction of sp³-hybridized carbons (Fsp3) is 1.00. The highest BCUT2D eigenvalue weighted by Gasteiger charge is 2.21. The van der Waals surface area contributed by atoms with Crippen LogP contribution in [-0.2, 0) is 10.2 Å². The summed E-state index contributed by atoms with van der Waals surface area (Å²) in [7, 11) is -2.38. The molecule has 5 nitrogen and oxygen atoms in total. The summed E-state index contributed by atoms with van der Waals surface area (Å²) in [6.07, 6.45) is 0.367. The minimum Gasteiger partial charge on any atom is -0.314 e. The molecule has 0 saturated heterocycles. The summed E-state index contributed by atoms with van der Waals surface area (Å²) in [4.78, 5) is 0. The quantitative estimate of drug-likeness (QED) is 0.587. The molecule has 0 bridgehead atoms. The molecule has 1 rings (SSSR count). The van der Waals surface area contributed by atoms with Gasteiger partial charge in [-0.25, -0.2) is 8.78 Å². The highest BCUT2D eigenvalue weighted by molar-refractivity contribution is 7.87. The summed E-state index contributed by atoms with van der Waals surface area (Å²) >= 11 is 0. The zero-order valence-corrected chi connectivity index (χ0v) is 10.6. The maximum absolute atomic E-state index is 11.9. The van der Waals surface area contributed by atoms with Gasteiger partial charge in [0, 0.05) is 19.6 Å². The van der Waals surface area contributed by atoms with Crippen LogP contribution in [0.15, 0.2) is 0 Å². The Kier molecular flexibility index (Phi) is 5.71. The largest absolute Gasteiger partial charge is 0.314 e. The van der Waals surface area contributed by atoms with Crippen LogP contribution >= 0.6 is 0 Å². The van der Waals surface area contributed by atoms with E-state index >= 15 is 0 Å². The first-order valence-electron chi connectivity index (χ1n) is 5.64. The van der Waals surface area contributed by atoms with E-state index in [1.165, 1.54) is 19.9 Å². The Morgan fingerprint density at radius 3 is 2.59 bits per heavy atom. The molecule has 0 radical (unpaired) electrons. The summed E-state index contributed by atoms with van der Waals surface area (Å²) in [5.74, 6) is 0. The number of rotatable bonds is 9. The summed E-state index contributed by atoms with van der Waals surface area (Å²) < 4.78 is 49.5. The molecule has 1 saturated carbocycles. The lowest BCUT2D eigenvalue weighted by Crippen LogP contribution is -2.41. The van der Waals surface area contributed by atoms with Crippen molar-refractivity contribution in [1.82, 2.24) is 14.3 Å². The average Bonchev–Trinajstić information content (AvgIpc) is 3.05. The fourth-order valence-electron chi connectivity index (χ4n) is 1.29. The zero-order chi connectivity index (χ0) is 12.9. The molecule has 2 N–H and O–H groups in total. The maximum atomic E-state index is 11.9. The molecule has 0 heterocycles. The Morgan fingerprint density at radius 1 is 1.41 bits per heavy atom. The molecular formula is C9H19F2N3O2S. The Hall–Kier alpha value is -0.310. The second-order valence-electron chi connectivity index (χ2n) is 4.15. The van der Waals surface area contributed by atoms with Crippen LogP contribution in [0.2, 0.25) is 0 Å². The fourth-order valence-corrected chi connectivity index (χ4v) is 2.22. The van der Waals surface area contributed by atoms with Crippen molar-refractivity contribution < 1.29 is 17.2 Å². The first kappa shape index (κ1) is 14.7. The highest BCUT2D eigenvalue weighted by atomic mass is 32.2. The van der Waals surface area contributed by atoms with Crippen LogP contribution in [0.5, 0.6) is 0 Å². The van der Waals surface area contributed by atoms with E-state index in [0.717, 1.165) is 10.8 Å². The first-order valence-corrected chi connectivity index (χ1v) is 7.08. The van der Waals surface area contributed by atoms with Crippen molar-refractivity contribution in [2.75, 3.05) is 26.7 Å². The molecule has 8 heteroatoms. The number of hydrogen-bond donors (Lipinski definition) is 2. The molecule has 1 aliphatic rings. The third-order valence-corrected chi connectivity index (χ3v) is 4.03. The number of nitrogens with zero attached hydrogens (tertiary/aromatic N) is 1. The van der Waals surface area contributed by atoms with Gasteiger partial charge in [-0.2, -0.15) is 17.4 Å². The van der Waals surface area contributed by atoms with Gasteiger partial charge in [0.25, 0.3) is 16.6 Å². The molecule has 1 aliphatic carbocycles. The van der Waals surface area contributed by atoms with Crippen molar-refractivity contribution in [3.63, 3.8) is 0 Å². The van der Waals surface area contributed by atoms with E-state index in [1.807, 2.05) is 4.72 Å². The second-order valence-corrected chi connectivity index (χ2v) is 6.01. The normalized spacial score (nSPS) is 17.0. The zero-order valence-electron chi connectivity index (χ0n) is 9.83. The van der Waals surface area contributed by atoms with Crippen molar-refractivity contribution in [3.8, 4) is 0 Å². The molecule has 0 spiro atoms. The number of hydrogen-bond acceptors (Lipinski definition) is 3. The summed E-state index contributed by atoms with van der Waals surface area (Å²) in [5, 5.41) is 3.25. The predicted molar refractivity (Wildman–Crippen MR) is 61.2 cm³/mol. The van der Waals surface area contributed by atoms with Gasteiger partial charge in [-0.3, -0.25) is 0 Å². The molecule has 0 aromatic rings. The maximum Gasteiger partial charge on any atom is 0.279 e. The SMILES string of the molecule is CN(CCCNC1CC1)S(=O)(=O)NCC(F)F. The summed E-state index contributed by atoms with van der Waals surface area (Å²) in [6, 6.07) is 0.592. The first-order chi connectivity index (χ1) is 7.92. The Morgan fingerprint density at radius 2 is 2.06 bits per heavy atom. The predicted octanol–water partition coefficient (Wildman–Crippen LogP) is 0.160. The second kappa shape index (κ2) is 6.58. The highest BCUT2D eigenvalue weighted by Crippen LogP contribution is 2.18. The van der Waals surface area contributed by atoms with Crippen LogP contribution in [0, 0.1) is 0 Å². The van der Waals surface area contributed by atoms with E-state index in [0.29, 0.717) is 19.0 Å². The van der Waals surface area contributed by atoms with Gasteiger partial charge in [0.2, 0.25) is 0 Å². The topological polar surface area (TPSA) is 61.4 Å². The van der Waals surface area contributed by atoms with Crippen molar-refractivity contribution >= 4 is 10.2 Å². The standard InChI is InChI=1S/C9H19F2N3O2S/c1-14(6-2-5-12-8-3-4-8)17(15,16)13-7-9(10)11/h8-9,12-13H,2-7H2,1H3. The van der Waals surface area contributed by atoms with Crippen LogP contribution < -0.4 is 10.0 Å². The molecule has 17 heavy (non-hydrogen) atoms. The van der Waals surface area contributed by atoms with Crippen molar-refractivity contribution in [2.45, 2.75) is 31.7 Å². The van der Waals surface area contributed by atoms with Crippen molar-refractivity contribution in [3.05, 3.63) is 0 Å². The molecule has 0 amide bonds. The molecule has 0 atom stereocenters. The summed E-state index contributed by atoms with van der Waals surface area (Å²) in [6.45, 7) is 0.227. The van der Waals surface area contributed by atoms with E-state index in [9.17, 15) is 17.2 Å².